The number of nitrogens with zero attached hydrogens (tertiary/aromatic N) is 1. The van der Waals surface area contributed by atoms with E-state index in [1.54, 1.807) is 7.05 Å². The molecule has 0 unspecified atom stereocenters. The van der Waals surface area contributed by atoms with Gasteiger partial charge in [-0.25, -0.2) is 12.7 Å². The van der Waals surface area contributed by atoms with Crippen molar-refractivity contribution in [3.8, 4) is 0 Å². The molecule has 5 nitrogen and oxygen atoms in total. The van der Waals surface area contributed by atoms with Crippen LogP contribution in [0.25, 0.3) is 0 Å². The minimum atomic E-state index is -3.12. The second-order valence-electron chi connectivity index (χ2n) is 4.22. The molecule has 1 rings (SSSR count). The topological polar surface area (TPSA) is 63.7 Å². The molecule has 1 aliphatic carbocycles. The van der Waals surface area contributed by atoms with Crippen molar-refractivity contribution in [3.05, 3.63) is 0 Å². The van der Waals surface area contributed by atoms with Crippen molar-refractivity contribution in [1.82, 2.24) is 4.31 Å². The minimum Gasteiger partial charge on any atom is -0.469 e. The van der Waals surface area contributed by atoms with Gasteiger partial charge in [0.1, 0.15) is 0 Å². The maximum absolute atomic E-state index is 11.7. The first-order valence-corrected chi connectivity index (χ1v) is 7.07. The third kappa shape index (κ3) is 4.49. The standard InChI is InChI=1S/C10H19NO4S/c1-11(7-3-4-10(12)15-2)16(13,14)8-9-5-6-9/h9H,3-8H2,1-2H3. The molecule has 0 heterocycles. The van der Waals surface area contributed by atoms with E-state index in [9.17, 15) is 13.2 Å². The van der Waals surface area contributed by atoms with Gasteiger partial charge in [-0.05, 0) is 25.2 Å². The van der Waals surface area contributed by atoms with Gasteiger partial charge in [0.25, 0.3) is 0 Å². The smallest absolute Gasteiger partial charge is 0.305 e. The molecule has 0 aromatic heterocycles. The lowest BCUT2D eigenvalue weighted by Gasteiger charge is -2.16. The largest absolute Gasteiger partial charge is 0.469 e. The Bertz CT molecular complexity index is 335. The lowest BCUT2D eigenvalue weighted by molar-refractivity contribution is -0.140. The molecule has 1 aliphatic rings. The van der Waals surface area contributed by atoms with Crippen LogP contribution in [0.5, 0.6) is 0 Å². The van der Waals surface area contributed by atoms with Gasteiger partial charge in [-0.2, -0.15) is 0 Å². The number of methoxy groups -OCH3 is 1. The Morgan fingerprint density at radius 3 is 2.56 bits per heavy atom. The summed E-state index contributed by atoms with van der Waals surface area (Å²) in [5.74, 6) is 0.308. The van der Waals surface area contributed by atoms with E-state index < -0.39 is 10.0 Å². The highest BCUT2D eigenvalue weighted by Gasteiger charge is 2.30. The lowest BCUT2D eigenvalue weighted by atomic mass is 10.3. The third-order valence-corrected chi connectivity index (χ3v) is 4.72. The Kier molecular flexibility index (Phi) is 4.73. The van der Waals surface area contributed by atoms with Crippen LogP contribution >= 0.6 is 0 Å². The summed E-state index contributed by atoms with van der Waals surface area (Å²) < 4.78 is 29.3. The van der Waals surface area contributed by atoms with Gasteiger partial charge >= 0.3 is 5.97 Å². The van der Waals surface area contributed by atoms with E-state index in [1.807, 2.05) is 0 Å². The van der Waals surface area contributed by atoms with E-state index in [-0.39, 0.29) is 18.1 Å². The van der Waals surface area contributed by atoms with Gasteiger partial charge in [0.2, 0.25) is 10.0 Å². The average molecular weight is 249 g/mol. The molecular formula is C10H19NO4S. The van der Waals surface area contributed by atoms with Gasteiger partial charge < -0.3 is 4.74 Å². The molecule has 1 saturated carbocycles. The second kappa shape index (κ2) is 5.63. The summed E-state index contributed by atoms with van der Waals surface area (Å²) in [6.45, 7) is 0.379. The number of carbonyl (C=O) groups excluding carboxylic acids is 1. The molecule has 0 aromatic carbocycles. The number of sulfonamides is 1. The summed E-state index contributed by atoms with van der Waals surface area (Å²) in [6.07, 6.45) is 2.82. The number of hydrogen-bond acceptors (Lipinski definition) is 4. The fourth-order valence-electron chi connectivity index (χ4n) is 1.40. The number of carbonyl (C=O) groups is 1. The fourth-order valence-corrected chi connectivity index (χ4v) is 2.99. The van der Waals surface area contributed by atoms with Crippen molar-refractivity contribution in [1.29, 1.82) is 0 Å². The van der Waals surface area contributed by atoms with Gasteiger partial charge in [0, 0.05) is 20.0 Å². The first-order valence-electron chi connectivity index (χ1n) is 5.46. The molecule has 16 heavy (non-hydrogen) atoms. The Morgan fingerprint density at radius 2 is 2.06 bits per heavy atom. The van der Waals surface area contributed by atoms with Crippen LogP contribution in [0.15, 0.2) is 0 Å². The zero-order valence-corrected chi connectivity index (χ0v) is 10.6. The van der Waals surface area contributed by atoms with Crippen LogP contribution in [-0.2, 0) is 19.6 Å². The monoisotopic (exact) mass is 249 g/mol. The Balaban J connectivity index is 2.27. The number of esters is 1. The molecule has 0 N–H and O–H groups in total. The van der Waals surface area contributed by atoms with Crippen LogP contribution in [0.4, 0.5) is 0 Å². The zero-order valence-electron chi connectivity index (χ0n) is 9.81. The normalized spacial score (nSPS) is 16.4. The summed E-state index contributed by atoms with van der Waals surface area (Å²) >= 11 is 0. The second-order valence-corrected chi connectivity index (χ2v) is 6.34. The predicted octanol–water partition coefficient (Wildman–Crippen LogP) is 0.611. The molecule has 0 spiro atoms. The number of hydrogen-bond donors (Lipinski definition) is 0. The number of ether oxygens (including phenoxy) is 1. The van der Waals surface area contributed by atoms with Crippen molar-refractivity contribution in [2.75, 3.05) is 26.5 Å². The van der Waals surface area contributed by atoms with Crippen LogP contribution in [0.2, 0.25) is 0 Å². The van der Waals surface area contributed by atoms with Gasteiger partial charge in [-0.3, -0.25) is 4.79 Å². The highest BCUT2D eigenvalue weighted by molar-refractivity contribution is 7.89. The molecule has 94 valence electrons. The first kappa shape index (κ1) is 13.4. The Hall–Kier alpha value is -0.620. The molecule has 0 bridgehead atoms. The van der Waals surface area contributed by atoms with Crippen LogP contribution in [0.3, 0.4) is 0 Å². The van der Waals surface area contributed by atoms with Crippen LogP contribution in [-0.4, -0.2) is 45.1 Å². The van der Waals surface area contributed by atoms with Crippen molar-refractivity contribution in [2.45, 2.75) is 25.7 Å². The summed E-state index contributed by atoms with van der Waals surface area (Å²) in [7, 11) is -0.227. The molecular weight excluding hydrogens is 230 g/mol. The van der Waals surface area contributed by atoms with Gasteiger partial charge in [-0.15, -0.1) is 0 Å². The Labute approximate surface area is 96.8 Å². The van der Waals surface area contributed by atoms with E-state index >= 15 is 0 Å². The molecule has 0 saturated heterocycles. The van der Waals surface area contributed by atoms with Crippen LogP contribution in [0, 0.1) is 5.92 Å². The maximum Gasteiger partial charge on any atom is 0.305 e. The van der Waals surface area contributed by atoms with Crippen molar-refractivity contribution in [3.63, 3.8) is 0 Å². The number of rotatable bonds is 7. The van der Waals surface area contributed by atoms with Crippen molar-refractivity contribution in [2.24, 2.45) is 5.92 Å². The van der Waals surface area contributed by atoms with E-state index in [4.69, 9.17) is 0 Å². The van der Waals surface area contributed by atoms with E-state index in [2.05, 4.69) is 4.74 Å². The summed E-state index contributed by atoms with van der Waals surface area (Å²) in [4.78, 5) is 10.8. The van der Waals surface area contributed by atoms with Crippen molar-refractivity contribution >= 4 is 16.0 Å². The maximum atomic E-state index is 11.7. The van der Waals surface area contributed by atoms with E-state index in [0.29, 0.717) is 18.9 Å². The van der Waals surface area contributed by atoms with Crippen LogP contribution in [0.1, 0.15) is 25.7 Å². The summed E-state index contributed by atoms with van der Waals surface area (Å²) in [5.41, 5.74) is 0. The van der Waals surface area contributed by atoms with Gasteiger partial charge in [0.05, 0.1) is 12.9 Å². The molecule has 0 radical (unpaired) electrons. The minimum absolute atomic E-state index is 0.252. The zero-order chi connectivity index (χ0) is 12.2. The van der Waals surface area contributed by atoms with E-state index in [1.165, 1.54) is 11.4 Å². The summed E-state index contributed by atoms with van der Waals surface area (Å²) in [5, 5.41) is 0. The van der Waals surface area contributed by atoms with Crippen molar-refractivity contribution < 1.29 is 17.9 Å². The quantitative estimate of drug-likeness (QED) is 0.620. The first-order chi connectivity index (χ1) is 7.45. The fraction of sp³-hybridized carbons (Fsp3) is 0.900. The third-order valence-electron chi connectivity index (χ3n) is 2.70. The average Bonchev–Trinajstić information content (AvgIpc) is 3.00. The summed E-state index contributed by atoms with van der Waals surface area (Å²) in [6, 6.07) is 0. The molecule has 0 amide bonds. The Morgan fingerprint density at radius 1 is 1.44 bits per heavy atom. The molecule has 0 atom stereocenters. The lowest BCUT2D eigenvalue weighted by Crippen LogP contribution is -2.31. The highest BCUT2D eigenvalue weighted by Crippen LogP contribution is 2.30. The van der Waals surface area contributed by atoms with E-state index in [0.717, 1.165) is 12.8 Å². The SMILES string of the molecule is COC(=O)CCCN(C)S(=O)(=O)CC1CC1. The van der Waals surface area contributed by atoms with Gasteiger partial charge in [-0.1, -0.05) is 0 Å². The highest BCUT2D eigenvalue weighted by atomic mass is 32.2. The molecule has 1 fully saturated rings. The predicted molar refractivity (Wildman–Crippen MR) is 60.4 cm³/mol. The van der Waals surface area contributed by atoms with Crippen LogP contribution < -0.4 is 0 Å². The molecule has 6 heteroatoms. The molecule has 0 aliphatic heterocycles. The molecule has 0 aromatic rings. The van der Waals surface area contributed by atoms with Gasteiger partial charge in [0.15, 0.2) is 0 Å².